The van der Waals surface area contributed by atoms with Crippen molar-refractivity contribution < 1.29 is 27.8 Å². The maximum absolute atomic E-state index is 13.9. The van der Waals surface area contributed by atoms with Crippen LogP contribution in [-0.4, -0.2) is 69.4 Å². The molecule has 0 unspecified atom stereocenters. The molecule has 2 aromatic rings. The van der Waals surface area contributed by atoms with Crippen molar-refractivity contribution in [2.75, 3.05) is 20.3 Å². The van der Waals surface area contributed by atoms with Gasteiger partial charge in [0.05, 0.1) is 54.3 Å². The minimum absolute atomic E-state index is 0.213. The zero-order valence-electron chi connectivity index (χ0n) is 23.8. The number of methoxy groups -OCH3 is 1. The predicted octanol–water partition coefficient (Wildman–Crippen LogP) is 4.51. The van der Waals surface area contributed by atoms with Crippen molar-refractivity contribution in [2.24, 2.45) is 11.3 Å². The van der Waals surface area contributed by atoms with Gasteiger partial charge in [0.25, 0.3) is 0 Å². The van der Waals surface area contributed by atoms with Crippen LogP contribution in [0.1, 0.15) is 82.6 Å². The van der Waals surface area contributed by atoms with E-state index >= 15 is 0 Å². The van der Waals surface area contributed by atoms with Crippen LogP contribution in [-0.2, 0) is 9.47 Å². The molecule has 5 rings (SSSR count). The first-order valence-corrected chi connectivity index (χ1v) is 14.0. The molecule has 222 valence electrons. The second-order valence-corrected chi connectivity index (χ2v) is 12.5. The van der Waals surface area contributed by atoms with Crippen LogP contribution in [0.15, 0.2) is 18.5 Å². The van der Waals surface area contributed by atoms with Crippen LogP contribution in [0.5, 0.6) is 0 Å². The molecule has 0 aromatic carbocycles. The molecule has 2 N–H and O–H groups in total. The second-order valence-electron chi connectivity index (χ2n) is 12.5. The summed E-state index contributed by atoms with van der Waals surface area (Å²) < 4.78 is 40.4. The quantitative estimate of drug-likeness (QED) is 0.475. The predicted molar refractivity (Wildman–Crippen MR) is 143 cm³/mol. The van der Waals surface area contributed by atoms with Gasteiger partial charge in [0, 0.05) is 32.1 Å². The van der Waals surface area contributed by atoms with E-state index in [1.54, 1.807) is 55.8 Å². The number of rotatable bonds is 8. The minimum atomic E-state index is -2.72. The number of alkyl halides is 2. The normalized spacial score (nSPS) is 23.5. The molecule has 1 aliphatic heterocycles. The SMILES string of the molecule is COC[C@H](c1cnn2cc([C@@H](NC(=O)OC(C)(C)C)C3CCC(F)(F)CC3)nc2c1)N1C[C@@H](C2(C#N)CC2)NC1=O. The van der Waals surface area contributed by atoms with Gasteiger partial charge in [-0.25, -0.2) is 27.9 Å². The molecule has 3 aliphatic rings. The van der Waals surface area contributed by atoms with Crippen LogP contribution >= 0.6 is 0 Å². The third kappa shape index (κ3) is 6.22. The Morgan fingerprint density at radius 3 is 2.61 bits per heavy atom. The van der Waals surface area contributed by atoms with Gasteiger partial charge in [0.15, 0.2) is 5.65 Å². The number of nitriles is 1. The van der Waals surface area contributed by atoms with E-state index in [-0.39, 0.29) is 50.3 Å². The third-order valence-corrected chi connectivity index (χ3v) is 8.29. The highest BCUT2D eigenvalue weighted by Crippen LogP contribution is 2.50. The Bertz CT molecular complexity index is 1340. The second kappa shape index (κ2) is 10.7. The lowest BCUT2D eigenvalue weighted by Gasteiger charge is -2.33. The number of nitrogens with one attached hydrogen (secondary N) is 2. The number of carbonyl (C=O) groups is 2. The maximum Gasteiger partial charge on any atom is 0.408 e. The zero-order chi connectivity index (χ0) is 29.6. The van der Waals surface area contributed by atoms with Crippen molar-refractivity contribution in [3.8, 4) is 6.07 Å². The molecule has 0 spiro atoms. The largest absolute Gasteiger partial charge is 0.444 e. The fraction of sp³-hybridized carbons (Fsp3) is 0.679. The van der Waals surface area contributed by atoms with E-state index in [4.69, 9.17) is 14.5 Å². The average Bonchev–Trinajstić information content (AvgIpc) is 3.43. The van der Waals surface area contributed by atoms with Gasteiger partial charge in [-0.3, -0.25) is 0 Å². The summed E-state index contributed by atoms with van der Waals surface area (Å²) in [4.78, 5) is 32.1. The first-order chi connectivity index (χ1) is 19.3. The lowest BCUT2D eigenvalue weighted by atomic mass is 9.81. The smallest absolute Gasteiger partial charge is 0.408 e. The Balaban J connectivity index is 1.41. The number of nitrogens with zero attached hydrogens (tertiary/aromatic N) is 5. The minimum Gasteiger partial charge on any atom is -0.444 e. The number of imidazole rings is 1. The molecule has 3 atom stereocenters. The van der Waals surface area contributed by atoms with Crippen molar-refractivity contribution in [3.05, 3.63) is 29.7 Å². The van der Waals surface area contributed by atoms with Gasteiger partial charge in [0.2, 0.25) is 5.92 Å². The van der Waals surface area contributed by atoms with Crippen LogP contribution in [0.4, 0.5) is 18.4 Å². The molecule has 13 heteroatoms. The van der Waals surface area contributed by atoms with Gasteiger partial charge in [0.1, 0.15) is 5.60 Å². The van der Waals surface area contributed by atoms with E-state index in [2.05, 4.69) is 21.8 Å². The molecule has 0 bridgehead atoms. The molecule has 3 fully saturated rings. The number of hydrogen-bond donors (Lipinski definition) is 2. The number of urea groups is 1. The van der Waals surface area contributed by atoms with E-state index in [1.807, 2.05) is 0 Å². The molecule has 0 radical (unpaired) electrons. The number of ether oxygens (including phenoxy) is 2. The van der Waals surface area contributed by atoms with Crippen molar-refractivity contribution in [3.63, 3.8) is 0 Å². The molecular formula is C28H37F2N7O4. The zero-order valence-corrected chi connectivity index (χ0v) is 23.8. The molecular weight excluding hydrogens is 536 g/mol. The van der Waals surface area contributed by atoms with E-state index in [0.717, 1.165) is 12.8 Å². The number of alkyl carbamates (subject to hydrolysis) is 1. The highest BCUT2D eigenvalue weighted by molar-refractivity contribution is 5.78. The summed E-state index contributed by atoms with van der Waals surface area (Å²) in [5, 5.41) is 19.9. The number of halogens is 2. The number of carbonyl (C=O) groups excluding carboxylic acids is 2. The van der Waals surface area contributed by atoms with Crippen LogP contribution in [0.2, 0.25) is 0 Å². The number of aromatic nitrogens is 3. The van der Waals surface area contributed by atoms with Gasteiger partial charge in [-0.15, -0.1) is 0 Å². The van der Waals surface area contributed by atoms with Crippen molar-refractivity contribution >= 4 is 17.8 Å². The number of hydrogen-bond acceptors (Lipinski definition) is 7. The molecule has 41 heavy (non-hydrogen) atoms. The Labute approximate surface area is 237 Å². The summed E-state index contributed by atoms with van der Waals surface area (Å²) >= 11 is 0. The fourth-order valence-electron chi connectivity index (χ4n) is 5.84. The van der Waals surface area contributed by atoms with E-state index in [0.29, 0.717) is 23.4 Å². The highest BCUT2D eigenvalue weighted by atomic mass is 19.3. The summed E-state index contributed by atoms with van der Waals surface area (Å²) in [6.45, 7) is 5.85. The summed E-state index contributed by atoms with van der Waals surface area (Å²) in [6.07, 6.45) is 4.13. The first-order valence-electron chi connectivity index (χ1n) is 14.0. The average molecular weight is 574 g/mol. The molecule has 2 aromatic heterocycles. The molecule has 2 saturated carbocycles. The third-order valence-electron chi connectivity index (χ3n) is 8.29. The van der Waals surface area contributed by atoms with E-state index < -0.39 is 35.1 Å². The molecule has 3 amide bonds. The summed E-state index contributed by atoms with van der Waals surface area (Å²) in [5.74, 6) is -2.97. The van der Waals surface area contributed by atoms with Crippen molar-refractivity contribution in [2.45, 2.75) is 88.9 Å². The van der Waals surface area contributed by atoms with Gasteiger partial charge >= 0.3 is 12.1 Å². The Morgan fingerprint density at radius 2 is 2.00 bits per heavy atom. The molecule has 3 heterocycles. The Hall–Kier alpha value is -3.53. The summed E-state index contributed by atoms with van der Waals surface area (Å²) in [5.41, 5.74) is 0.419. The number of amides is 3. The molecule has 1 saturated heterocycles. The van der Waals surface area contributed by atoms with Crippen LogP contribution in [0.25, 0.3) is 5.65 Å². The lowest BCUT2D eigenvalue weighted by molar-refractivity contribution is -0.0500. The Morgan fingerprint density at radius 1 is 1.29 bits per heavy atom. The van der Waals surface area contributed by atoms with Gasteiger partial charge < -0.3 is 25.0 Å². The fourth-order valence-corrected chi connectivity index (χ4v) is 5.84. The first kappa shape index (κ1) is 29.0. The summed E-state index contributed by atoms with van der Waals surface area (Å²) in [7, 11) is 1.55. The Kier molecular flexibility index (Phi) is 7.57. The van der Waals surface area contributed by atoms with Gasteiger partial charge in [-0.2, -0.15) is 10.4 Å². The standard InChI is InChI=1S/C28H37F2N7O4/c1-26(2,3)41-25(39)35-23(17-5-7-28(29,30)8-6-17)19-13-37-22(33-19)11-18(12-32-37)20(15-40-4)36-14-21(34-24(36)38)27(16-31)9-10-27/h11-13,17,20-21,23H,5-10,14-15H2,1-4H3,(H,34,38)(H,35,39)/t20-,21+,23+/m1/s1. The number of fused-ring (bicyclic) bond motifs is 1. The lowest BCUT2D eigenvalue weighted by Crippen LogP contribution is -2.40. The van der Waals surface area contributed by atoms with Crippen LogP contribution in [0.3, 0.4) is 0 Å². The highest BCUT2D eigenvalue weighted by Gasteiger charge is 2.54. The maximum atomic E-state index is 13.9. The van der Waals surface area contributed by atoms with Crippen molar-refractivity contribution in [1.29, 1.82) is 5.26 Å². The van der Waals surface area contributed by atoms with E-state index in [1.165, 1.54) is 0 Å². The van der Waals surface area contributed by atoms with Crippen molar-refractivity contribution in [1.82, 2.24) is 30.1 Å². The summed E-state index contributed by atoms with van der Waals surface area (Å²) in [6, 6.07) is 2.54. The molecule has 2 aliphatic carbocycles. The van der Waals surface area contributed by atoms with Gasteiger partial charge in [-0.1, -0.05) is 0 Å². The van der Waals surface area contributed by atoms with Gasteiger partial charge in [-0.05, 0) is 58.4 Å². The molecule has 11 nitrogen and oxygen atoms in total. The van der Waals surface area contributed by atoms with Crippen LogP contribution in [0, 0.1) is 22.7 Å². The van der Waals surface area contributed by atoms with E-state index in [9.17, 15) is 23.6 Å². The monoisotopic (exact) mass is 573 g/mol. The topological polar surface area (TPSA) is 134 Å². The van der Waals surface area contributed by atoms with Crippen LogP contribution < -0.4 is 10.6 Å².